The summed E-state index contributed by atoms with van der Waals surface area (Å²) in [4.78, 5) is 41.3. The molecule has 1 aliphatic heterocycles. The molecule has 0 radical (unpaired) electrons. The smallest absolute Gasteiger partial charge is 0.257 e. The maximum atomic E-state index is 13.6. The zero-order valence-electron chi connectivity index (χ0n) is 19.5. The number of carbonyl (C=O) groups is 2. The monoisotopic (exact) mass is 466 g/mol. The number of hydrogen-bond acceptors (Lipinski definition) is 4. The molecular weight excluding hydrogens is 440 g/mol. The van der Waals surface area contributed by atoms with Gasteiger partial charge in [-0.1, -0.05) is 54.6 Å². The minimum absolute atomic E-state index is 0.0971. The van der Waals surface area contributed by atoms with E-state index in [0.717, 1.165) is 17.7 Å². The molecule has 35 heavy (non-hydrogen) atoms. The average molecular weight is 467 g/mol. The summed E-state index contributed by atoms with van der Waals surface area (Å²) in [5.74, 6) is -0.182. The zero-order valence-corrected chi connectivity index (χ0v) is 19.5. The van der Waals surface area contributed by atoms with E-state index in [0.29, 0.717) is 41.8 Å². The van der Waals surface area contributed by atoms with Gasteiger partial charge in [-0.05, 0) is 44.0 Å². The van der Waals surface area contributed by atoms with Gasteiger partial charge in [0.1, 0.15) is 5.76 Å². The molecule has 0 saturated carbocycles. The number of carbonyl (C=O) groups excluding carboxylic acids is 2. The molecular formula is C29H26N2O4. The number of nitrogens with zero attached hydrogens (tertiary/aromatic N) is 1. The highest BCUT2D eigenvalue weighted by Crippen LogP contribution is 2.29. The van der Waals surface area contributed by atoms with E-state index in [1.54, 1.807) is 30.0 Å². The number of likely N-dealkylation sites (tertiary alicyclic amines) is 1. The third kappa shape index (κ3) is 4.47. The molecule has 3 aromatic carbocycles. The highest BCUT2D eigenvalue weighted by molar-refractivity contribution is 6.05. The van der Waals surface area contributed by atoms with Crippen LogP contribution in [0.15, 0.2) is 88.1 Å². The third-order valence-electron chi connectivity index (χ3n) is 6.53. The number of para-hydroxylation sites is 2. The fourth-order valence-electron chi connectivity index (χ4n) is 4.65. The van der Waals surface area contributed by atoms with E-state index in [1.165, 1.54) is 0 Å². The van der Waals surface area contributed by atoms with Crippen molar-refractivity contribution in [2.24, 2.45) is 5.92 Å². The summed E-state index contributed by atoms with van der Waals surface area (Å²) in [5, 5.41) is 3.32. The molecule has 1 unspecified atom stereocenters. The molecule has 2 amide bonds. The second-order valence-corrected chi connectivity index (χ2v) is 8.88. The first-order chi connectivity index (χ1) is 17.0. The van der Waals surface area contributed by atoms with Gasteiger partial charge in [-0.15, -0.1) is 0 Å². The van der Waals surface area contributed by atoms with Crippen LogP contribution in [0.25, 0.3) is 22.3 Å². The van der Waals surface area contributed by atoms with Crippen molar-refractivity contribution < 1.29 is 14.0 Å². The molecule has 6 nitrogen and oxygen atoms in total. The number of anilines is 1. The molecule has 1 aliphatic rings. The summed E-state index contributed by atoms with van der Waals surface area (Å²) >= 11 is 0. The molecule has 1 saturated heterocycles. The molecule has 6 heteroatoms. The molecule has 1 atom stereocenters. The lowest BCUT2D eigenvalue weighted by molar-refractivity contribution is -0.121. The van der Waals surface area contributed by atoms with Gasteiger partial charge in [0, 0.05) is 29.9 Å². The van der Waals surface area contributed by atoms with E-state index in [4.69, 9.17) is 4.42 Å². The Balaban J connectivity index is 1.46. The molecule has 1 aromatic heterocycles. The second-order valence-electron chi connectivity index (χ2n) is 8.88. The van der Waals surface area contributed by atoms with Crippen LogP contribution in [-0.2, 0) is 4.79 Å². The first kappa shape index (κ1) is 22.6. The lowest BCUT2D eigenvalue weighted by Gasteiger charge is -2.32. The molecule has 0 bridgehead atoms. The van der Waals surface area contributed by atoms with Crippen molar-refractivity contribution >= 4 is 28.5 Å². The Bertz CT molecular complexity index is 1440. The van der Waals surface area contributed by atoms with E-state index in [2.05, 4.69) is 5.32 Å². The molecule has 176 valence electrons. The van der Waals surface area contributed by atoms with E-state index >= 15 is 0 Å². The molecule has 1 N–H and O–H groups in total. The van der Waals surface area contributed by atoms with E-state index in [9.17, 15) is 14.4 Å². The highest BCUT2D eigenvalue weighted by atomic mass is 16.3. The second kappa shape index (κ2) is 9.58. The van der Waals surface area contributed by atoms with Crippen LogP contribution in [0.2, 0.25) is 0 Å². The maximum absolute atomic E-state index is 13.6. The Hall–Kier alpha value is -4.19. The van der Waals surface area contributed by atoms with Crippen molar-refractivity contribution in [2.45, 2.75) is 19.8 Å². The van der Waals surface area contributed by atoms with Crippen LogP contribution in [0.1, 0.15) is 28.8 Å². The summed E-state index contributed by atoms with van der Waals surface area (Å²) in [5.41, 5.74) is 2.48. The van der Waals surface area contributed by atoms with Gasteiger partial charge in [0.2, 0.25) is 5.91 Å². The molecule has 2 heterocycles. The standard InChI is InChI=1S/C29H26N2O4/c1-19-25(32)23-15-8-16-24(27(23)35-26(19)20-10-4-2-5-11-20)29(34)31-17-9-12-21(18-31)28(33)30-22-13-6-3-7-14-22/h2-8,10-11,13-16,21H,9,12,17-18H2,1H3,(H,30,33). The number of piperidine rings is 1. The summed E-state index contributed by atoms with van der Waals surface area (Å²) in [7, 11) is 0. The van der Waals surface area contributed by atoms with Crippen LogP contribution >= 0.6 is 0 Å². The molecule has 0 aliphatic carbocycles. The average Bonchev–Trinajstić information content (AvgIpc) is 2.91. The lowest BCUT2D eigenvalue weighted by Crippen LogP contribution is -2.43. The largest absolute Gasteiger partial charge is 0.455 e. The van der Waals surface area contributed by atoms with E-state index in [1.807, 2.05) is 60.7 Å². The third-order valence-corrected chi connectivity index (χ3v) is 6.53. The Morgan fingerprint density at radius 3 is 2.40 bits per heavy atom. The van der Waals surface area contributed by atoms with Crippen molar-refractivity contribution in [3.63, 3.8) is 0 Å². The normalized spacial score (nSPS) is 15.7. The minimum atomic E-state index is -0.308. The van der Waals surface area contributed by atoms with Gasteiger partial charge >= 0.3 is 0 Å². The van der Waals surface area contributed by atoms with Crippen LogP contribution in [0, 0.1) is 12.8 Å². The van der Waals surface area contributed by atoms with Crippen LogP contribution in [0.4, 0.5) is 5.69 Å². The van der Waals surface area contributed by atoms with Gasteiger partial charge in [0.15, 0.2) is 11.0 Å². The highest BCUT2D eigenvalue weighted by Gasteiger charge is 2.30. The number of fused-ring (bicyclic) bond motifs is 1. The number of amides is 2. The van der Waals surface area contributed by atoms with Gasteiger partial charge < -0.3 is 14.6 Å². The first-order valence-electron chi connectivity index (χ1n) is 11.8. The van der Waals surface area contributed by atoms with E-state index < -0.39 is 0 Å². The van der Waals surface area contributed by atoms with Crippen molar-refractivity contribution in [3.05, 3.63) is 100 Å². The zero-order chi connectivity index (χ0) is 24.4. The predicted octanol–water partition coefficient (Wildman–Crippen LogP) is 5.26. The number of hydrogen-bond donors (Lipinski definition) is 1. The van der Waals surface area contributed by atoms with Crippen molar-refractivity contribution in [1.29, 1.82) is 0 Å². The maximum Gasteiger partial charge on any atom is 0.257 e. The van der Waals surface area contributed by atoms with Gasteiger partial charge in [-0.25, -0.2) is 0 Å². The van der Waals surface area contributed by atoms with Gasteiger partial charge in [-0.2, -0.15) is 0 Å². The van der Waals surface area contributed by atoms with Crippen LogP contribution in [0.5, 0.6) is 0 Å². The summed E-state index contributed by atoms with van der Waals surface area (Å²) < 4.78 is 6.23. The quantitative estimate of drug-likeness (QED) is 0.445. The minimum Gasteiger partial charge on any atom is -0.455 e. The van der Waals surface area contributed by atoms with Crippen molar-refractivity contribution in [2.75, 3.05) is 18.4 Å². The van der Waals surface area contributed by atoms with E-state index in [-0.39, 0.29) is 28.7 Å². The fraction of sp³-hybridized carbons (Fsp3) is 0.207. The van der Waals surface area contributed by atoms with Crippen molar-refractivity contribution in [3.8, 4) is 11.3 Å². The Labute approximate surface area is 203 Å². The van der Waals surface area contributed by atoms with Gasteiger partial charge in [0.25, 0.3) is 5.91 Å². The van der Waals surface area contributed by atoms with Gasteiger partial charge in [0.05, 0.1) is 16.9 Å². The van der Waals surface area contributed by atoms with Crippen LogP contribution in [-0.4, -0.2) is 29.8 Å². The topological polar surface area (TPSA) is 79.6 Å². The number of rotatable bonds is 4. The molecule has 0 spiro atoms. The molecule has 4 aromatic rings. The number of nitrogens with one attached hydrogen (secondary N) is 1. The SMILES string of the molecule is Cc1c(-c2ccccc2)oc2c(C(=O)N3CCCC(C(=O)Nc4ccccc4)C3)cccc2c1=O. The summed E-state index contributed by atoms with van der Waals surface area (Å²) in [6.07, 6.45) is 1.44. The van der Waals surface area contributed by atoms with Crippen LogP contribution in [0.3, 0.4) is 0 Å². The Morgan fingerprint density at radius 2 is 1.66 bits per heavy atom. The summed E-state index contributed by atoms with van der Waals surface area (Å²) in [6.45, 7) is 2.60. The molecule has 5 rings (SSSR count). The fourth-order valence-corrected chi connectivity index (χ4v) is 4.65. The predicted molar refractivity (Wildman–Crippen MR) is 136 cm³/mol. The number of benzene rings is 3. The summed E-state index contributed by atoms with van der Waals surface area (Å²) in [6, 6.07) is 23.8. The Morgan fingerprint density at radius 1 is 0.943 bits per heavy atom. The van der Waals surface area contributed by atoms with Crippen LogP contribution < -0.4 is 10.7 Å². The lowest BCUT2D eigenvalue weighted by atomic mass is 9.96. The molecule has 1 fully saturated rings. The van der Waals surface area contributed by atoms with Crippen molar-refractivity contribution in [1.82, 2.24) is 4.90 Å². The first-order valence-corrected chi connectivity index (χ1v) is 11.8. The van der Waals surface area contributed by atoms with Gasteiger partial charge in [-0.3, -0.25) is 14.4 Å². The Kier molecular flexibility index (Phi) is 6.19.